The number of pyridine rings is 1. The minimum Gasteiger partial charge on any atom is -0.378 e. The highest BCUT2D eigenvalue weighted by atomic mass is 32.2. The average molecular weight is 500 g/mol. The van der Waals surface area contributed by atoms with Crippen LogP contribution in [0.2, 0.25) is 0 Å². The van der Waals surface area contributed by atoms with Gasteiger partial charge in [-0.05, 0) is 80.0 Å². The van der Waals surface area contributed by atoms with Crippen LogP contribution in [0, 0.1) is 11.8 Å². The second-order valence-corrected chi connectivity index (χ2v) is 11.6. The molecule has 0 saturated heterocycles. The van der Waals surface area contributed by atoms with Crippen molar-refractivity contribution < 1.29 is 8.78 Å². The summed E-state index contributed by atoms with van der Waals surface area (Å²) in [5.41, 5.74) is 5.59. The van der Waals surface area contributed by atoms with Gasteiger partial charge in [-0.2, -0.15) is 0 Å². The molecule has 1 aromatic carbocycles. The maximum Gasteiger partial charge on any atom is 0.248 e. The van der Waals surface area contributed by atoms with Crippen LogP contribution in [0.15, 0.2) is 48.0 Å². The highest BCUT2D eigenvalue weighted by molar-refractivity contribution is 7.99. The number of rotatable bonds is 10. The van der Waals surface area contributed by atoms with Gasteiger partial charge < -0.3 is 5.32 Å². The molecule has 1 atom stereocenters. The summed E-state index contributed by atoms with van der Waals surface area (Å²) in [5, 5.41) is 3.62. The molecule has 1 unspecified atom stereocenters. The molecule has 1 saturated carbocycles. The number of hydrogen-bond donors (Lipinski definition) is 1. The Bertz CT molecular complexity index is 994. The summed E-state index contributed by atoms with van der Waals surface area (Å²) in [6.45, 7) is 12.4. The molecule has 0 bridgehead atoms. The Labute approximate surface area is 213 Å². The van der Waals surface area contributed by atoms with Gasteiger partial charge in [0.1, 0.15) is 0 Å². The van der Waals surface area contributed by atoms with Crippen molar-refractivity contribution in [3.05, 3.63) is 65.5 Å². The second kappa shape index (κ2) is 11.4. The van der Waals surface area contributed by atoms with Crippen LogP contribution in [0.3, 0.4) is 0 Å². The molecular weight excluding hydrogens is 460 g/mol. The SMILES string of the molecule is C=C(NC(CC)c1ccc(SCC)cc1)c1cnc2c(c1)CN(CC1CCC(C(C)(F)F)CC1)C2. The number of thioether (sulfide) groups is 1. The van der Waals surface area contributed by atoms with E-state index in [1.807, 2.05) is 18.0 Å². The molecule has 2 aliphatic rings. The lowest BCUT2D eigenvalue weighted by molar-refractivity contribution is -0.0591. The number of halogens is 2. The van der Waals surface area contributed by atoms with Gasteiger partial charge in [-0.15, -0.1) is 11.8 Å². The first kappa shape index (κ1) is 26.2. The zero-order chi connectivity index (χ0) is 25.0. The minimum absolute atomic E-state index is 0.207. The first-order valence-corrected chi connectivity index (χ1v) is 14.0. The van der Waals surface area contributed by atoms with Gasteiger partial charge in [0, 0.05) is 47.9 Å². The molecule has 35 heavy (non-hydrogen) atoms. The lowest BCUT2D eigenvalue weighted by Gasteiger charge is -2.33. The zero-order valence-corrected chi connectivity index (χ0v) is 22.1. The Morgan fingerprint density at radius 1 is 1.17 bits per heavy atom. The van der Waals surface area contributed by atoms with E-state index >= 15 is 0 Å². The molecular formula is C29H39F2N3S. The lowest BCUT2D eigenvalue weighted by atomic mass is 9.79. The fourth-order valence-electron chi connectivity index (χ4n) is 5.52. The first-order chi connectivity index (χ1) is 16.8. The predicted molar refractivity (Wildman–Crippen MR) is 142 cm³/mol. The van der Waals surface area contributed by atoms with Gasteiger partial charge in [-0.25, -0.2) is 8.78 Å². The normalized spacial score (nSPS) is 21.5. The maximum atomic E-state index is 13.6. The van der Waals surface area contributed by atoms with Crippen LogP contribution in [0.4, 0.5) is 8.78 Å². The van der Waals surface area contributed by atoms with Crippen LogP contribution in [-0.2, 0) is 13.1 Å². The quantitative estimate of drug-likeness (QED) is 0.339. The van der Waals surface area contributed by atoms with Crippen LogP contribution in [-0.4, -0.2) is 28.1 Å². The third kappa shape index (κ3) is 6.65. The number of nitrogens with one attached hydrogen (secondary N) is 1. The molecule has 190 valence electrons. The zero-order valence-electron chi connectivity index (χ0n) is 21.3. The van der Waals surface area contributed by atoms with Crippen molar-refractivity contribution in [1.82, 2.24) is 15.2 Å². The molecule has 1 aliphatic carbocycles. The third-order valence-electron chi connectivity index (χ3n) is 7.61. The van der Waals surface area contributed by atoms with Crippen LogP contribution in [0.1, 0.15) is 81.3 Å². The Balaban J connectivity index is 1.32. The Kier molecular flexibility index (Phi) is 8.54. The molecule has 2 heterocycles. The van der Waals surface area contributed by atoms with Crippen molar-refractivity contribution in [3.8, 4) is 0 Å². The summed E-state index contributed by atoms with van der Waals surface area (Å²) in [7, 11) is 0. The number of nitrogens with zero attached hydrogens (tertiary/aromatic N) is 2. The van der Waals surface area contributed by atoms with E-state index in [1.165, 1.54) is 16.0 Å². The average Bonchev–Trinajstić information content (AvgIpc) is 3.24. The lowest BCUT2D eigenvalue weighted by Crippen LogP contribution is -2.32. The number of aromatic nitrogens is 1. The third-order valence-corrected chi connectivity index (χ3v) is 8.50. The van der Waals surface area contributed by atoms with Gasteiger partial charge >= 0.3 is 0 Å². The van der Waals surface area contributed by atoms with Crippen molar-refractivity contribution in [2.45, 2.75) is 82.8 Å². The van der Waals surface area contributed by atoms with Gasteiger partial charge in [0.05, 0.1) is 11.7 Å². The fourth-order valence-corrected chi connectivity index (χ4v) is 6.18. The van der Waals surface area contributed by atoms with Gasteiger partial charge in [-0.1, -0.05) is 32.6 Å². The number of hydrogen-bond acceptors (Lipinski definition) is 4. The van der Waals surface area contributed by atoms with E-state index in [-0.39, 0.29) is 6.04 Å². The van der Waals surface area contributed by atoms with E-state index in [9.17, 15) is 8.78 Å². The molecule has 2 aromatic rings. The molecule has 3 nitrogen and oxygen atoms in total. The van der Waals surface area contributed by atoms with E-state index in [0.29, 0.717) is 18.8 Å². The van der Waals surface area contributed by atoms with E-state index in [2.05, 4.69) is 61.0 Å². The van der Waals surface area contributed by atoms with Gasteiger partial charge in [-0.3, -0.25) is 9.88 Å². The van der Waals surface area contributed by atoms with Crippen LogP contribution in [0.25, 0.3) is 5.70 Å². The minimum atomic E-state index is -2.54. The van der Waals surface area contributed by atoms with Crippen LogP contribution in [0.5, 0.6) is 0 Å². The van der Waals surface area contributed by atoms with E-state index < -0.39 is 11.8 Å². The maximum absolute atomic E-state index is 13.6. The van der Waals surface area contributed by atoms with Gasteiger partial charge in [0.15, 0.2) is 0 Å². The number of alkyl halides is 2. The standard InChI is InChI=1S/C29H39F2N3S/c1-5-27(22-9-13-26(14-10-22)35-6-2)33-20(3)23-15-24-18-34(19-28(24)32-16-23)17-21-7-11-25(12-8-21)29(4,30)31/h9-10,13-16,21,25,27,33H,3,5-8,11-12,17-19H2,1-2,4H3. The highest BCUT2D eigenvalue weighted by Crippen LogP contribution is 2.39. The van der Waals surface area contributed by atoms with E-state index in [4.69, 9.17) is 4.98 Å². The Morgan fingerprint density at radius 2 is 1.89 bits per heavy atom. The van der Waals surface area contributed by atoms with Crippen molar-refractivity contribution in [1.29, 1.82) is 0 Å². The second-order valence-electron chi connectivity index (χ2n) is 10.3. The monoisotopic (exact) mass is 499 g/mol. The molecule has 0 amide bonds. The molecule has 0 spiro atoms. The van der Waals surface area contributed by atoms with Crippen molar-refractivity contribution in [2.24, 2.45) is 11.8 Å². The van der Waals surface area contributed by atoms with Gasteiger partial charge in [0.25, 0.3) is 0 Å². The molecule has 1 N–H and O–H groups in total. The molecule has 1 fully saturated rings. The van der Waals surface area contributed by atoms with Crippen LogP contribution < -0.4 is 5.32 Å². The van der Waals surface area contributed by atoms with E-state index in [0.717, 1.165) is 68.5 Å². The summed E-state index contributed by atoms with van der Waals surface area (Å²) < 4.78 is 27.3. The highest BCUT2D eigenvalue weighted by Gasteiger charge is 2.37. The number of fused-ring (bicyclic) bond motifs is 1. The fraction of sp³-hybridized carbons (Fsp3) is 0.552. The topological polar surface area (TPSA) is 28.2 Å². The molecule has 1 aromatic heterocycles. The first-order valence-electron chi connectivity index (χ1n) is 13.0. The summed E-state index contributed by atoms with van der Waals surface area (Å²) in [4.78, 5) is 8.49. The van der Waals surface area contributed by atoms with Crippen molar-refractivity contribution >= 4 is 17.5 Å². The van der Waals surface area contributed by atoms with Crippen molar-refractivity contribution in [3.63, 3.8) is 0 Å². The molecule has 4 rings (SSSR count). The predicted octanol–water partition coefficient (Wildman–Crippen LogP) is 7.68. The Hall–Kier alpha value is -1.92. The smallest absolute Gasteiger partial charge is 0.248 e. The molecule has 6 heteroatoms. The largest absolute Gasteiger partial charge is 0.378 e. The van der Waals surface area contributed by atoms with Gasteiger partial charge in [0.2, 0.25) is 5.92 Å². The summed E-state index contributed by atoms with van der Waals surface area (Å²) >= 11 is 1.86. The van der Waals surface area contributed by atoms with E-state index in [1.54, 1.807) is 0 Å². The van der Waals surface area contributed by atoms with Crippen LogP contribution >= 0.6 is 11.8 Å². The summed E-state index contributed by atoms with van der Waals surface area (Å²) in [6.07, 6.45) is 5.98. The van der Waals surface area contributed by atoms with Crippen molar-refractivity contribution in [2.75, 3.05) is 12.3 Å². The molecule has 0 radical (unpaired) electrons. The Morgan fingerprint density at radius 3 is 2.51 bits per heavy atom. The summed E-state index contributed by atoms with van der Waals surface area (Å²) in [6, 6.07) is 11.2. The summed E-state index contributed by atoms with van der Waals surface area (Å²) in [5.74, 6) is -1.41. The number of benzene rings is 1. The molecule has 1 aliphatic heterocycles.